The van der Waals surface area contributed by atoms with Gasteiger partial charge < -0.3 is 10.2 Å². The highest BCUT2D eigenvalue weighted by atomic mass is 16.5. The fourth-order valence-corrected chi connectivity index (χ4v) is 0.612. The number of aliphatic hydroxyl groups is 2. The van der Waals surface area contributed by atoms with Crippen molar-refractivity contribution in [1.29, 1.82) is 0 Å². The Kier molecular flexibility index (Phi) is 2.86. The van der Waals surface area contributed by atoms with Gasteiger partial charge in [0.05, 0.1) is 0 Å². The molecule has 0 aromatic rings. The monoisotopic (exact) mass is 146 g/mol. The van der Waals surface area contributed by atoms with Gasteiger partial charge >= 0.3 is 0 Å². The van der Waals surface area contributed by atoms with Crippen LogP contribution in [0.1, 0.15) is 40.5 Å². The quantitative estimate of drug-likeness (QED) is 0.580. The molecule has 0 atom stereocenters. The van der Waals surface area contributed by atoms with Crippen molar-refractivity contribution in [2.24, 2.45) is 5.41 Å². The van der Waals surface area contributed by atoms with Crippen LogP contribution in [0.3, 0.4) is 0 Å². The summed E-state index contributed by atoms with van der Waals surface area (Å²) in [5.74, 6) is -1.49. The van der Waals surface area contributed by atoms with Crippen molar-refractivity contribution < 1.29 is 10.2 Å². The first-order chi connectivity index (χ1) is 4.21. The average molecular weight is 146 g/mol. The minimum absolute atomic E-state index is 0.187. The summed E-state index contributed by atoms with van der Waals surface area (Å²) in [6.45, 7) is 7.66. The highest BCUT2D eigenvalue weighted by molar-refractivity contribution is 4.66. The normalized spacial score (nSPS) is 13.8. The van der Waals surface area contributed by atoms with E-state index in [2.05, 4.69) is 20.8 Å². The SMILES string of the molecule is CC(C)(C)CCC(C)(O)O. The third kappa shape index (κ3) is 7.92. The van der Waals surface area contributed by atoms with E-state index in [1.807, 2.05) is 0 Å². The van der Waals surface area contributed by atoms with Crippen molar-refractivity contribution in [3.8, 4) is 0 Å². The molecular weight excluding hydrogens is 128 g/mol. The molecule has 0 spiro atoms. The summed E-state index contributed by atoms with van der Waals surface area (Å²) in [6.07, 6.45) is 1.27. The molecule has 0 unspecified atom stereocenters. The molecule has 0 aliphatic heterocycles. The molecule has 0 amide bonds. The second kappa shape index (κ2) is 2.89. The molecule has 2 nitrogen and oxygen atoms in total. The molecule has 0 fully saturated rings. The Balaban J connectivity index is 3.56. The third-order valence-corrected chi connectivity index (χ3v) is 1.35. The molecule has 0 bridgehead atoms. The van der Waals surface area contributed by atoms with Crippen molar-refractivity contribution in [2.45, 2.75) is 46.3 Å². The van der Waals surface area contributed by atoms with Crippen LogP contribution in [0, 0.1) is 5.41 Å². The van der Waals surface area contributed by atoms with E-state index in [0.717, 1.165) is 6.42 Å². The molecule has 0 rings (SSSR count). The van der Waals surface area contributed by atoms with Crippen LogP contribution in [-0.2, 0) is 0 Å². The van der Waals surface area contributed by atoms with E-state index < -0.39 is 5.79 Å². The maximum atomic E-state index is 8.94. The van der Waals surface area contributed by atoms with Crippen LogP contribution >= 0.6 is 0 Å². The molecule has 2 heteroatoms. The predicted octanol–water partition coefficient (Wildman–Crippen LogP) is 1.51. The second-order valence-electron chi connectivity index (χ2n) is 4.28. The summed E-state index contributed by atoms with van der Waals surface area (Å²) in [4.78, 5) is 0. The molecule has 10 heavy (non-hydrogen) atoms. The fraction of sp³-hybridized carbons (Fsp3) is 1.00. The molecular formula is C8H18O2. The third-order valence-electron chi connectivity index (χ3n) is 1.35. The maximum Gasteiger partial charge on any atom is 0.159 e. The van der Waals surface area contributed by atoms with Crippen molar-refractivity contribution in [1.82, 2.24) is 0 Å². The van der Waals surface area contributed by atoms with E-state index in [0.29, 0.717) is 6.42 Å². The minimum Gasteiger partial charge on any atom is -0.366 e. The number of rotatable bonds is 2. The van der Waals surface area contributed by atoms with E-state index in [-0.39, 0.29) is 5.41 Å². The lowest BCUT2D eigenvalue weighted by Crippen LogP contribution is -2.24. The van der Waals surface area contributed by atoms with Gasteiger partial charge in [0.15, 0.2) is 5.79 Å². The highest BCUT2D eigenvalue weighted by Crippen LogP contribution is 2.23. The van der Waals surface area contributed by atoms with Crippen LogP contribution in [0.25, 0.3) is 0 Å². The van der Waals surface area contributed by atoms with Crippen LogP contribution in [0.5, 0.6) is 0 Å². The lowest BCUT2D eigenvalue weighted by atomic mass is 9.89. The van der Waals surface area contributed by atoms with Crippen LogP contribution in [0.2, 0.25) is 0 Å². The first-order valence-electron chi connectivity index (χ1n) is 3.65. The zero-order valence-electron chi connectivity index (χ0n) is 7.31. The van der Waals surface area contributed by atoms with Gasteiger partial charge in [-0.1, -0.05) is 20.8 Å². The molecule has 0 aromatic carbocycles. The van der Waals surface area contributed by atoms with Gasteiger partial charge in [-0.05, 0) is 18.8 Å². The van der Waals surface area contributed by atoms with Gasteiger partial charge in [-0.15, -0.1) is 0 Å². The molecule has 0 radical (unpaired) electrons. The Labute approximate surface area is 62.9 Å². The average Bonchev–Trinajstić information content (AvgIpc) is 1.57. The Morgan fingerprint density at radius 1 is 0.900 bits per heavy atom. The van der Waals surface area contributed by atoms with Crippen LogP contribution in [0.15, 0.2) is 0 Å². The van der Waals surface area contributed by atoms with Crippen molar-refractivity contribution in [3.63, 3.8) is 0 Å². The summed E-state index contributed by atoms with van der Waals surface area (Å²) >= 11 is 0. The molecule has 0 saturated heterocycles. The minimum atomic E-state index is -1.49. The molecule has 0 aliphatic rings. The van der Waals surface area contributed by atoms with E-state index in [9.17, 15) is 0 Å². The summed E-state index contributed by atoms with van der Waals surface area (Å²) in [5.41, 5.74) is 0.187. The second-order valence-corrected chi connectivity index (χ2v) is 4.28. The van der Waals surface area contributed by atoms with Gasteiger partial charge in [-0.25, -0.2) is 0 Å². The maximum absolute atomic E-state index is 8.94. The molecule has 0 aromatic heterocycles. The van der Waals surface area contributed by atoms with Crippen LogP contribution in [0.4, 0.5) is 0 Å². The van der Waals surface area contributed by atoms with Crippen LogP contribution in [-0.4, -0.2) is 16.0 Å². The summed E-state index contributed by atoms with van der Waals surface area (Å²) in [7, 11) is 0. The smallest absolute Gasteiger partial charge is 0.159 e. The Bertz CT molecular complexity index is 80.8. The van der Waals surface area contributed by atoms with Gasteiger partial charge in [-0.2, -0.15) is 0 Å². The molecule has 0 aliphatic carbocycles. The molecule has 0 heterocycles. The van der Waals surface area contributed by atoms with E-state index in [1.54, 1.807) is 0 Å². The zero-order valence-corrected chi connectivity index (χ0v) is 7.31. The van der Waals surface area contributed by atoms with Gasteiger partial charge in [0.25, 0.3) is 0 Å². The topological polar surface area (TPSA) is 40.5 Å². The molecule has 2 N–H and O–H groups in total. The molecule has 62 valence electrons. The van der Waals surface area contributed by atoms with Gasteiger partial charge in [0.1, 0.15) is 0 Å². The van der Waals surface area contributed by atoms with E-state index in [4.69, 9.17) is 10.2 Å². The van der Waals surface area contributed by atoms with Gasteiger partial charge in [0.2, 0.25) is 0 Å². The summed E-state index contributed by atoms with van der Waals surface area (Å²) in [6, 6.07) is 0. The van der Waals surface area contributed by atoms with Gasteiger partial charge in [-0.3, -0.25) is 0 Å². The summed E-state index contributed by atoms with van der Waals surface area (Å²) in [5, 5.41) is 17.9. The van der Waals surface area contributed by atoms with E-state index >= 15 is 0 Å². The lowest BCUT2D eigenvalue weighted by molar-refractivity contribution is -0.153. The largest absolute Gasteiger partial charge is 0.366 e. The first kappa shape index (κ1) is 9.92. The lowest BCUT2D eigenvalue weighted by Gasteiger charge is -2.23. The van der Waals surface area contributed by atoms with Gasteiger partial charge in [0, 0.05) is 6.42 Å². The predicted molar refractivity (Wildman–Crippen MR) is 41.5 cm³/mol. The number of hydrogen-bond acceptors (Lipinski definition) is 2. The Hall–Kier alpha value is -0.0800. The van der Waals surface area contributed by atoms with E-state index in [1.165, 1.54) is 6.92 Å². The highest BCUT2D eigenvalue weighted by Gasteiger charge is 2.19. The standard InChI is InChI=1S/C8H18O2/c1-7(2,3)5-6-8(4,9)10/h9-10H,5-6H2,1-4H3. The fourth-order valence-electron chi connectivity index (χ4n) is 0.612. The zero-order chi connectivity index (χ0) is 8.41. The van der Waals surface area contributed by atoms with Crippen molar-refractivity contribution in [3.05, 3.63) is 0 Å². The Morgan fingerprint density at radius 2 is 1.30 bits per heavy atom. The molecule has 0 saturated carbocycles. The summed E-state index contributed by atoms with van der Waals surface area (Å²) < 4.78 is 0. The number of hydrogen-bond donors (Lipinski definition) is 2. The first-order valence-corrected chi connectivity index (χ1v) is 3.65. The van der Waals surface area contributed by atoms with Crippen molar-refractivity contribution in [2.75, 3.05) is 0 Å². The van der Waals surface area contributed by atoms with Crippen LogP contribution < -0.4 is 0 Å². The Morgan fingerprint density at radius 3 is 1.40 bits per heavy atom. The van der Waals surface area contributed by atoms with Crippen molar-refractivity contribution >= 4 is 0 Å².